The monoisotopic (exact) mass is 249 g/mol. The van der Waals surface area contributed by atoms with Gasteiger partial charge in [-0.05, 0) is 25.5 Å². The van der Waals surface area contributed by atoms with E-state index in [-0.39, 0.29) is 18.4 Å². The Hall–Kier alpha value is -1.62. The van der Waals surface area contributed by atoms with Crippen LogP contribution in [0.2, 0.25) is 0 Å². The molecule has 0 aromatic carbocycles. The first-order chi connectivity index (χ1) is 8.65. The highest BCUT2D eigenvalue weighted by Gasteiger charge is 2.23. The molecular formula is C13H19N3O2. The number of anilines is 1. The van der Waals surface area contributed by atoms with E-state index in [0.717, 1.165) is 25.3 Å². The summed E-state index contributed by atoms with van der Waals surface area (Å²) >= 11 is 0. The second-order valence-corrected chi connectivity index (χ2v) is 4.74. The largest absolute Gasteiger partial charge is 0.397 e. The van der Waals surface area contributed by atoms with Gasteiger partial charge in [0.2, 0.25) is 5.91 Å². The van der Waals surface area contributed by atoms with Crippen molar-refractivity contribution < 1.29 is 9.53 Å². The zero-order chi connectivity index (χ0) is 13.0. The van der Waals surface area contributed by atoms with Gasteiger partial charge in [-0.15, -0.1) is 0 Å². The van der Waals surface area contributed by atoms with Gasteiger partial charge in [0.15, 0.2) is 0 Å². The van der Waals surface area contributed by atoms with Crippen LogP contribution in [0.15, 0.2) is 18.3 Å². The molecule has 1 aliphatic rings. The fourth-order valence-electron chi connectivity index (χ4n) is 2.07. The minimum Gasteiger partial charge on any atom is -0.397 e. The molecule has 1 fully saturated rings. The average Bonchev–Trinajstić information content (AvgIpc) is 2.85. The first-order valence-electron chi connectivity index (χ1n) is 6.22. The van der Waals surface area contributed by atoms with E-state index in [1.165, 1.54) is 0 Å². The van der Waals surface area contributed by atoms with Crippen molar-refractivity contribution in [2.75, 3.05) is 18.9 Å². The van der Waals surface area contributed by atoms with Crippen LogP contribution < -0.4 is 11.1 Å². The highest BCUT2D eigenvalue weighted by atomic mass is 16.5. The Bertz CT molecular complexity index is 399. The van der Waals surface area contributed by atoms with Crippen molar-refractivity contribution >= 4 is 11.6 Å². The average molecular weight is 249 g/mol. The SMILES string of the molecule is CC(NC(=O)Cc1ccc(N)cn1)C1CCOC1. The highest BCUT2D eigenvalue weighted by molar-refractivity contribution is 5.78. The highest BCUT2D eigenvalue weighted by Crippen LogP contribution is 2.16. The molecule has 2 atom stereocenters. The number of amides is 1. The topological polar surface area (TPSA) is 77.2 Å². The molecule has 1 aromatic rings. The van der Waals surface area contributed by atoms with Gasteiger partial charge in [0.25, 0.3) is 0 Å². The first kappa shape index (κ1) is 12.8. The van der Waals surface area contributed by atoms with E-state index < -0.39 is 0 Å². The second kappa shape index (κ2) is 5.82. The first-order valence-corrected chi connectivity index (χ1v) is 6.22. The molecule has 0 bridgehead atoms. The number of carbonyl (C=O) groups excluding carboxylic acids is 1. The molecule has 0 radical (unpaired) electrons. The van der Waals surface area contributed by atoms with E-state index in [0.29, 0.717) is 11.6 Å². The van der Waals surface area contributed by atoms with Crippen LogP contribution in [0.5, 0.6) is 0 Å². The number of nitrogens with two attached hydrogens (primary N) is 1. The van der Waals surface area contributed by atoms with Gasteiger partial charge in [-0.2, -0.15) is 0 Å². The lowest BCUT2D eigenvalue weighted by atomic mass is 10.0. The van der Waals surface area contributed by atoms with Crippen LogP contribution in [-0.4, -0.2) is 30.1 Å². The van der Waals surface area contributed by atoms with Gasteiger partial charge < -0.3 is 15.8 Å². The minimum absolute atomic E-state index is 0.00771. The van der Waals surface area contributed by atoms with E-state index in [9.17, 15) is 4.79 Å². The van der Waals surface area contributed by atoms with Crippen molar-refractivity contribution in [3.8, 4) is 0 Å². The molecule has 1 aromatic heterocycles. The minimum atomic E-state index is -0.00771. The summed E-state index contributed by atoms with van der Waals surface area (Å²) in [6.07, 6.45) is 2.87. The fraction of sp³-hybridized carbons (Fsp3) is 0.538. The summed E-state index contributed by atoms with van der Waals surface area (Å²) in [7, 11) is 0. The van der Waals surface area contributed by atoms with Crippen molar-refractivity contribution in [3.63, 3.8) is 0 Å². The predicted molar refractivity (Wildman–Crippen MR) is 68.9 cm³/mol. The third kappa shape index (κ3) is 3.43. The van der Waals surface area contributed by atoms with Gasteiger partial charge in [0.1, 0.15) is 0 Å². The normalized spacial score (nSPS) is 20.6. The number of ether oxygens (including phenoxy) is 1. The molecule has 1 aliphatic heterocycles. The summed E-state index contributed by atoms with van der Waals surface area (Å²) < 4.78 is 5.31. The zero-order valence-corrected chi connectivity index (χ0v) is 10.6. The van der Waals surface area contributed by atoms with E-state index in [1.54, 1.807) is 18.3 Å². The molecule has 2 heterocycles. The molecule has 3 N–H and O–H groups in total. The molecule has 5 nitrogen and oxygen atoms in total. The van der Waals surface area contributed by atoms with Crippen molar-refractivity contribution in [1.82, 2.24) is 10.3 Å². The smallest absolute Gasteiger partial charge is 0.226 e. The number of rotatable bonds is 4. The van der Waals surface area contributed by atoms with Crippen LogP contribution in [0.3, 0.4) is 0 Å². The standard InChI is InChI=1S/C13H19N3O2/c1-9(10-4-5-18-8-10)16-13(17)6-12-3-2-11(14)7-15-12/h2-3,7,9-10H,4-6,8,14H2,1H3,(H,16,17). The Morgan fingerprint density at radius 1 is 1.67 bits per heavy atom. The van der Waals surface area contributed by atoms with E-state index in [2.05, 4.69) is 10.3 Å². The molecule has 0 saturated carbocycles. The Kier molecular flexibility index (Phi) is 4.15. The van der Waals surface area contributed by atoms with Gasteiger partial charge in [-0.25, -0.2) is 0 Å². The number of hydrogen-bond acceptors (Lipinski definition) is 4. The van der Waals surface area contributed by atoms with Gasteiger partial charge >= 0.3 is 0 Å². The van der Waals surface area contributed by atoms with Crippen LogP contribution in [0.25, 0.3) is 0 Å². The van der Waals surface area contributed by atoms with Crippen LogP contribution in [0.4, 0.5) is 5.69 Å². The number of pyridine rings is 1. The van der Waals surface area contributed by atoms with E-state index >= 15 is 0 Å². The zero-order valence-electron chi connectivity index (χ0n) is 10.6. The molecule has 5 heteroatoms. The number of aromatic nitrogens is 1. The van der Waals surface area contributed by atoms with Crippen LogP contribution in [0, 0.1) is 5.92 Å². The van der Waals surface area contributed by atoms with Crippen molar-refractivity contribution in [1.29, 1.82) is 0 Å². The fourth-order valence-corrected chi connectivity index (χ4v) is 2.07. The maximum Gasteiger partial charge on any atom is 0.226 e. The van der Waals surface area contributed by atoms with E-state index in [1.807, 2.05) is 6.92 Å². The summed E-state index contributed by atoms with van der Waals surface area (Å²) in [6, 6.07) is 3.68. The number of hydrogen-bond donors (Lipinski definition) is 2. The maximum absolute atomic E-state index is 11.8. The maximum atomic E-state index is 11.8. The summed E-state index contributed by atoms with van der Waals surface area (Å²) in [5.41, 5.74) is 6.88. The number of nitrogens with zero attached hydrogens (tertiary/aromatic N) is 1. The molecular weight excluding hydrogens is 230 g/mol. The van der Waals surface area contributed by atoms with Gasteiger partial charge in [-0.1, -0.05) is 0 Å². The Labute approximate surface area is 107 Å². The van der Waals surface area contributed by atoms with Crippen LogP contribution in [-0.2, 0) is 16.0 Å². The van der Waals surface area contributed by atoms with Crippen LogP contribution in [0.1, 0.15) is 19.0 Å². The predicted octanol–water partition coefficient (Wildman–Crippen LogP) is 0.747. The molecule has 1 saturated heterocycles. The lowest BCUT2D eigenvalue weighted by Crippen LogP contribution is -2.39. The summed E-state index contributed by atoms with van der Waals surface area (Å²) in [5.74, 6) is 0.417. The molecule has 0 aliphatic carbocycles. The molecule has 98 valence electrons. The van der Waals surface area contributed by atoms with Crippen molar-refractivity contribution in [2.45, 2.75) is 25.8 Å². The van der Waals surface area contributed by atoms with Crippen LogP contribution >= 0.6 is 0 Å². The summed E-state index contributed by atoms with van der Waals surface area (Å²) in [4.78, 5) is 16.0. The Morgan fingerprint density at radius 3 is 3.11 bits per heavy atom. The lowest BCUT2D eigenvalue weighted by Gasteiger charge is -2.19. The Morgan fingerprint density at radius 2 is 2.50 bits per heavy atom. The second-order valence-electron chi connectivity index (χ2n) is 4.74. The quantitative estimate of drug-likeness (QED) is 0.825. The Balaban J connectivity index is 1.82. The number of carbonyl (C=O) groups is 1. The van der Waals surface area contributed by atoms with Crippen molar-refractivity contribution in [2.24, 2.45) is 5.92 Å². The van der Waals surface area contributed by atoms with Gasteiger partial charge in [0.05, 0.1) is 24.9 Å². The molecule has 2 unspecified atom stereocenters. The lowest BCUT2D eigenvalue weighted by molar-refractivity contribution is -0.121. The molecule has 1 amide bonds. The summed E-state index contributed by atoms with van der Waals surface area (Å²) in [5, 5.41) is 2.99. The number of nitrogens with one attached hydrogen (secondary N) is 1. The van der Waals surface area contributed by atoms with Crippen molar-refractivity contribution in [3.05, 3.63) is 24.0 Å². The van der Waals surface area contributed by atoms with E-state index in [4.69, 9.17) is 10.5 Å². The third-order valence-electron chi connectivity index (χ3n) is 3.25. The molecule has 0 spiro atoms. The summed E-state index contributed by atoms with van der Waals surface area (Å²) in [6.45, 7) is 3.56. The molecule has 18 heavy (non-hydrogen) atoms. The van der Waals surface area contributed by atoms with Gasteiger partial charge in [-0.3, -0.25) is 9.78 Å². The number of nitrogen functional groups attached to an aromatic ring is 1. The third-order valence-corrected chi connectivity index (χ3v) is 3.25. The molecule has 2 rings (SSSR count). The van der Waals surface area contributed by atoms with Gasteiger partial charge in [0, 0.05) is 24.3 Å².